The Morgan fingerprint density at radius 3 is 2.54 bits per heavy atom. The molecule has 0 bridgehead atoms. The van der Waals surface area contributed by atoms with Crippen LogP contribution in [0.1, 0.15) is 53.0 Å². The van der Waals surface area contributed by atoms with Crippen LogP contribution in [0, 0.1) is 5.41 Å². The van der Waals surface area contributed by atoms with E-state index in [0.717, 1.165) is 5.56 Å². The lowest BCUT2D eigenvalue weighted by Gasteiger charge is -2.45. The molecule has 0 radical (unpaired) electrons. The molecule has 2 aliphatic heterocycles. The number of carbonyl (C=O) groups excluding carboxylic acids is 3. The fourth-order valence-electron chi connectivity index (χ4n) is 4.58. The second kappa shape index (κ2) is 13.0. The van der Waals surface area contributed by atoms with Gasteiger partial charge in [-0.25, -0.2) is 0 Å². The molecule has 10 heteroatoms. The molecule has 3 N–H and O–H groups in total. The summed E-state index contributed by atoms with van der Waals surface area (Å²) in [6.07, 6.45) is -0.205. The normalized spacial score (nSPS) is 28.3. The van der Waals surface area contributed by atoms with Gasteiger partial charge in [-0.05, 0) is 37.7 Å². The molecule has 2 saturated heterocycles. The average molecular weight is 547 g/mol. The number of esters is 1. The molecule has 1 aromatic carbocycles. The van der Waals surface area contributed by atoms with Crippen LogP contribution in [-0.2, 0) is 39.8 Å². The van der Waals surface area contributed by atoms with Crippen molar-refractivity contribution in [3.05, 3.63) is 48.0 Å². The van der Waals surface area contributed by atoms with Gasteiger partial charge in [0.15, 0.2) is 11.9 Å². The van der Waals surface area contributed by atoms with Gasteiger partial charge in [0.25, 0.3) is 5.91 Å². The van der Waals surface area contributed by atoms with Gasteiger partial charge in [0.05, 0.1) is 13.0 Å². The summed E-state index contributed by atoms with van der Waals surface area (Å²) in [6.45, 7) is 9.62. The predicted octanol–water partition coefficient (Wildman–Crippen LogP) is 2.03. The highest BCUT2D eigenvalue weighted by Gasteiger charge is 2.48. The second-order valence-corrected chi connectivity index (χ2v) is 11.6. The fraction of sp³-hybridized carbons (Fsp3) is 0.621. The van der Waals surface area contributed by atoms with Crippen molar-refractivity contribution < 1.29 is 38.4 Å². The number of carbonyl (C=O) groups is 3. The van der Waals surface area contributed by atoms with Gasteiger partial charge in [0.2, 0.25) is 5.91 Å². The molecule has 216 valence electrons. The zero-order chi connectivity index (χ0) is 28.8. The smallest absolute Gasteiger partial charge is 0.310 e. The third kappa shape index (κ3) is 9.13. The summed E-state index contributed by atoms with van der Waals surface area (Å²) in [4.78, 5) is 38.4. The number of rotatable bonds is 8. The lowest BCUT2D eigenvalue weighted by Crippen LogP contribution is -2.62. The van der Waals surface area contributed by atoms with Crippen molar-refractivity contribution in [3.8, 4) is 0 Å². The van der Waals surface area contributed by atoms with E-state index in [9.17, 15) is 19.5 Å². The lowest BCUT2D eigenvalue weighted by molar-refractivity contribution is -0.334. The average Bonchev–Trinajstić information content (AvgIpc) is 3.01. The SMILES string of the molecule is CO[C@@H](C(=O)N[C@H]1CC[C@@H](OC(=O)Cc2ccccc2)CNC1=O)[C@@H]1OC(C)(C)O[C@H](/C=C/C(C)(C)C)[C@@H]1O. The molecule has 0 unspecified atom stereocenters. The summed E-state index contributed by atoms with van der Waals surface area (Å²) in [5.74, 6) is -2.47. The number of aliphatic hydroxyl groups excluding tert-OH is 1. The van der Waals surface area contributed by atoms with Crippen molar-refractivity contribution in [1.29, 1.82) is 0 Å². The number of methoxy groups -OCH3 is 1. The summed E-state index contributed by atoms with van der Waals surface area (Å²) >= 11 is 0. The minimum atomic E-state index is -1.20. The molecule has 10 nitrogen and oxygen atoms in total. The Balaban J connectivity index is 1.62. The monoisotopic (exact) mass is 546 g/mol. The molecule has 2 aliphatic rings. The van der Waals surface area contributed by atoms with Crippen LogP contribution in [0.2, 0.25) is 0 Å². The van der Waals surface area contributed by atoms with E-state index in [4.69, 9.17) is 18.9 Å². The number of aliphatic hydroxyl groups is 1. The van der Waals surface area contributed by atoms with Gasteiger partial charge in [0.1, 0.15) is 30.5 Å². The molecule has 0 spiro atoms. The number of hydrogen-bond donors (Lipinski definition) is 3. The number of allylic oxidation sites excluding steroid dienone is 1. The maximum atomic E-state index is 13.3. The van der Waals surface area contributed by atoms with E-state index in [1.807, 2.05) is 57.2 Å². The van der Waals surface area contributed by atoms with Gasteiger partial charge in [-0.2, -0.15) is 0 Å². The quantitative estimate of drug-likeness (QED) is 0.333. The second-order valence-electron chi connectivity index (χ2n) is 11.6. The lowest BCUT2D eigenvalue weighted by atomic mass is 9.93. The summed E-state index contributed by atoms with van der Waals surface area (Å²) in [5, 5.41) is 16.5. The van der Waals surface area contributed by atoms with E-state index in [2.05, 4.69) is 10.6 Å². The molecular weight excluding hydrogens is 504 g/mol. The van der Waals surface area contributed by atoms with Crippen LogP contribution in [0.25, 0.3) is 0 Å². The molecule has 6 atom stereocenters. The summed E-state index contributed by atoms with van der Waals surface area (Å²) < 4.78 is 22.9. The minimum Gasteiger partial charge on any atom is -0.460 e. The highest BCUT2D eigenvalue weighted by atomic mass is 16.7. The standard InChI is InChI=1S/C29H42N2O8/c1-28(2,3)15-14-21-23(33)24(39-29(4,5)38-21)25(36-6)27(35)31-20-13-12-19(17-30-26(20)34)37-22(32)16-18-10-8-7-9-11-18/h7-11,14-15,19-21,23-25,33H,12-13,16-17H2,1-6H3,(H,30,34)(H,31,35)/b15-14+/t19-,20+,21-,23+,24-,25-/m1/s1. The van der Waals surface area contributed by atoms with Crippen LogP contribution in [0.5, 0.6) is 0 Å². The van der Waals surface area contributed by atoms with Gasteiger partial charge in [-0.3, -0.25) is 14.4 Å². The van der Waals surface area contributed by atoms with E-state index >= 15 is 0 Å². The Morgan fingerprint density at radius 1 is 1.21 bits per heavy atom. The largest absolute Gasteiger partial charge is 0.460 e. The molecule has 2 fully saturated rings. The van der Waals surface area contributed by atoms with Crippen LogP contribution >= 0.6 is 0 Å². The van der Waals surface area contributed by atoms with Gasteiger partial charge in [0, 0.05) is 7.11 Å². The molecule has 2 heterocycles. The van der Waals surface area contributed by atoms with Crippen molar-refractivity contribution >= 4 is 17.8 Å². The highest BCUT2D eigenvalue weighted by molar-refractivity contribution is 5.90. The van der Waals surface area contributed by atoms with Gasteiger partial charge < -0.3 is 34.7 Å². The van der Waals surface area contributed by atoms with E-state index in [1.165, 1.54) is 7.11 Å². The third-order valence-corrected chi connectivity index (χ3v) is 6.51. The molecule has 1 aromatic rings. The molecule has 3 rings (SSSR count). The minimum absolute atomic E-state index is 0.136. The van der Waals surface area contributed by atoms with Crippen LogP contribution in [0.15, 0.2) is 42.5 Å². The maximum Gasteiger partial charge on any atom is 0.310 e. The first-order chi connectivity index (χ1) is 18.3. The number of benzene rings is 1. The predicted molar refractivity (Wildman–Crippen MR) is 143 cm³/mol. The first-order valence-electron chi connectivity index (χ1n) is 13.4. The zero-order valence-corrected chi connectivity index (χ0v) is 23.6. The number of amides is 2. The maximum absolute atomic E-state index is 13.3. The van der Waals surface area contributed by atoms with E-state index in [-0.39, 0.29) is 36.7 Å². The van der Waals surface area contributed by atoms with Crippen molar-refractivity contribution in [2.45, 2.75) is 96.2 Å². The summed E-state index contributed by atoms with van der Waals surface area (Å²) in [5.41, 5.74) is 0.701. The number of hydrogen-bond acceptors (Lipinski definition) is 8. The van der Waals surface area contributed by atoms with Gasteiger partial charge >= 0.3 is 5.97 Å². The van der Waals surface area contributed by atoms with Crippen LogP contribution in [0.4, 0.5) is 0 Å². The Morgan fingerprint density at radius 2 is 1.90 bits per heavy atom. The molecule has 0 aromatic heterocycles. The van der Waals surface area contributed by atoms with Crippen molar-refractivity contribution in [2.24, 2.45) is 5.41 Å². The topological polar surface area (TPSA) is 132 Å². The fourth-order valence-corrected chi connectivity index (χ4v) is 4.58. The molecule has 0 saturated carbocycles. The third-order valence-electron chi connectivity index (χ3n) is 6.51. The zero-order valence-electron chi connectivity index (χ0n) is 23.6. The Bertz CT molecular complexity index is 1020. The molecule has 2 amide bonds. The first kappa shape index (κ1) is 30.7. The Labute approximate surface area is 230 Å². The van der Waals surface area contributed by atoms with Crippen LogP contribution < -0.4 is 10.6 Å². The van der Waals surface area contributed by atoms with Gasteiger partial charge in [-0.15, -0.1) is 0 Å². The van der Waals surface area contributed by atoms with Crippen molar-refractivity contribution in [2.75, 3.05) is 13.7 Å². The van der Waals surface area contributed by atoms with E-state index in [1.54, 1.807) is 19.9 Å². The Kier molecular flexibility index (Phi) is 10.3. The summed E-state index contributed by atoms with van der Waals surface area (Å²) in [7, 11) is 1.35. The molecular formula is C29H42N2O8. The van der Waals surface area contributed by atoms with Gasteiger partial charge in [-0.1, -0.05) is 63.3 Å². The molecule has 39 heavy (non-hydrogen) atoms. The number of nitrogens with one attached hydrogen (secondary N) is 2. The van der Waals surface area contributed by atoms with Crippen LogP contribution in [-0.4, -0.2) is 78.9 Å². The van der Waals surface area contributed by atoms with Crippen molar-refractivity contribution in [1.82, 2.24) is 10.6 Å². The Hall–Kier alpha value is -2.79. The molecule has 0 aliphatic carbocycles. The van der Waals surface area contributed by atoms with Crippen LogP contribution in [0.3, 0.4) is 0 Å². The van der Waals surface area contributed by atoms with E-state index in [0.29, 0.717) is 6.42 Å². The first-order valence-corrected chi connectivity index (χ1v) is 13.4. The van der Waals surface area contributed by atoms with E-state index < -0.39 is 48.3 Å². The highest BCUT2D eigenvalue weighted by Crippen LogP contribution is 2.31. The number of ether oxygens (including phenoxy) is 4. The van der Waals surface area contributed by atoms with Crippen molar-refractivity contribution in [3.63, 3.8) is 0 Å². The summed E-state index contributed by atoms with van der Waals surface area (Å²) in [6, 6.07) is 8.39.